The number of nitrogens with zero attached hydrogens (tertiary/aromatic N) is 1. The van der Waals surface area contributed by atoms with Gasteiger partial charge in [-0.2, -0.15) is 0 Å². The number of H-pyrrole nitrogens is 2. The summed E-state index contributed by atoms with van der Waals surface area (Å²) in [6.07, 6.45) is 1.83. The van der Waals surface area contributed by atoms with Crippen molar-refractivity contribution in [2.24, 2.45) is 0 Å². The van der Waals surface area contributed by atoms with Crippen molar-refractivity contribution >= 4 is 22.8 Å². The lowest BCUT2D eigenvalue weighted by Gasteiger charge is -1.93. The predicted octanol–water partition coefficient (Wildman–Crippen LogP) is 0.465. The fraction of sp³-hybridized carbons (Fsp3) is 0.250. The van der Waals surface area contributed by atoms with E-state index in [0.717, 1.165) is 0 Å². The number of thioether (sulfide) groups is 1. The molecule has 0 aliphatic rings. The lowest BCUT2D eigenvalue weighted by atomic mass is 10.4. The first-order chi connectivity index (χ1) is 6.74. The number of hydrogen-bond donors (Lipinski definition) is 3. The Kier molecular flexibility index (Phi) is 2.30. The van der Waals surface area contributed by atoms with Crippen molar-refractivity contribution in [1.82, 2.24) is 15.0 Å². The van der Waals surface area contributed by atoms with Crippen LogP contribution in [0.4, 0.5) is 0 Å². The molecule has 0 aliphatic carbocycles. The smallest absolute Gasteiger partial charge is 0.261 e. The molecule has 2 heterocycles. The van der Waals surface area contributed by atoms with E-state index < -0.39 is 0 Å². The van der Waals surface area contributed by atoms with E-state index in [-0.39, 0.29) is 12.2 Å². The highest BCUT2D eigenvalue weighted by atomic mass is 32.2. The fourth-order valence-electron chi connectivity index (χ4n) is 1.24. The second-order valence-electron chi connectivity index (χ2n) is 2.79. The van der Waals surface area contributed by atoms with Gasteiger partial charge in [0.1, 0.15) is 5.65 Å². The van der Waals surface area contributed by atoms with Crippen LogP contribution in [0.3, 0.4) is 0 Å². The summed E-state index contributed by atoms with van der Waals surface area (Å²) in [5.74, 6) is 0. The molecule has 0 atom stereocenters. The zero-order chi connectivity index (χ0) is 10.1. The Morgan fingerprint density at radius 3 is 3.00 bits per heavy atom. The van der Waals surface area contributed by atoms with Gasteiger partial charge in [-0.25, -0.2) is 4.98 Å². The van der Waals surface area contributed by atoms with Gasteiger partial charge in [0.25, 0.3) is 5.56 Å². The summed E-state index contributed by atoms with van der Waals surface area (Å²) >= 11 is 1.37. The van der Waals surface area contributed by atoms with Crippen LogP contribution in [0.2, 0.25) is 0 Å². The summed E-state index contributed by atoms with van der Waals surface area (Å²) in [7, 11) is 0. The van der Waals surface area contributed by atoms with Crippen LogP contribution < -0.4 is 5.56 Å². The summed E-state index contributed by atoms with van der Waals surface area (Å²) in [6, 6.07) is 1.60. The number of nitrogens with one attached hydrogen (secondary N) is 2. The normalized spacial score (nSPS) is 11.0. The molecule has 0 spiro atoms. The van der Waals surface area contributed by atoms with Gasteiger partial charge < -0.3 is 15.1 Å². The van der Waals surface area contributed by atoms with E-state index in [1.807, 2.05) is 6.26 Å². The van der Waals surface area contributed by atoms with E-state index in [0.29, 0.717) is 21.9 Å². The largest absolute Gasteiger partial charge is 0.390 e. The van der Waals surface area contributed by atoms with E-state index in [1.165, 1.54) is 11.8 Å². The van der Waals surface area contributed by atoms with Crippen LogP contribution in [0.25, 0.3) is 11.0 Å². The van der Waals surface area contributed by atoms with E-state index in [2.05, 4.69) is 15.0 Å². The monoisotopic (exact) mass is 211 g/mol. The molecule has 74 valence electrons. The number of aromatic nitrogens is 3. The maximum Gasteiger partial charge on any atom is 0.261 e. The van der Waals surface area contributed by atoms with Crippen LogP contribution >= 0.6 is 11.8 Å². The maximum absolute atomic E-state index is 11.5. The Morgan fingerprint density at radius 2 is 2.36 bits per heavy atom. The second kappa shape index (κ2) is 3.47. The molecule has 0 aliphatic heterocycles. The summed E-state index contributed by atoms with van der Waals surface area (Å²) in [5.41, 5.74) is 0.925. The minimum atomic E-state index is -0.185. The summed E-state index contributed by atoms with van der Waals surface area (Å²) < 4.78 is 0. The number of aliphatic hydroxyl groups excluding tert-OH is 1. The van der Waals surface area contributed by atoms with Gasteiger partial charge in [0.15, 0.2) is 5.16 Å². The zero-order valence-corrected chi connectivity index (χ0v) is 8.31. The first-order valence-corrected chi connectivity index (χ1v) is 5.24. The summed E-state index contributed by atoms with van der Waals surface area (Å²) in [6.45, 7) is -0.121. The average molecular weight is 211 g/mol. The van der Waals surface area contributed by atoms with Crippen LogP contribution in [-0.2, 0) is 6.61 Å². The third-order valence-corrected chi connectivity index (χ3v) is 2.47. The molecular weight excluding hydrogens is 202 g/mol. The average Bonchev–Trinajstić information content (AvgIpc) is 2.61. The van der Waals surface area contributed by atoms with Crippen LogP contribution in [0.15, 0.2) is 16.0 Å². The van der Waals surface area contributed by atoms with Crippen LogP contribution in [0.1, 0.15) is 5.69 Å². The molecule has 2 rings (SSSR count). The number of hydrogen-bond acceptors (Lipinski definition) is 4. The number of fused-ring (bicyclic) bond motifs is 1. The molecule has 0 unspecified atom stereocenters. The van der Waals surface area contributed by atoms with Gasteiger partial charge in [-0.05, 0) is 12.3 Å². The van der Waals surface area contributed by atoms with Gasteiger partial charge >= 0.3 is 0 Å². The Bertz CT molecular complexity index is 517. The molecule has 2 aromatic rings. The topological polar surface area (TPSA) is 81.8 Å². The van der Waals surface area contributed by atoms with Gasteiger partial charge in [0.2, 0.25) is 0 Å². The molecule has 0 fully saturated rings. The van der Waals surface area contributed by atoms with E-state index >= 15 is 0 Å². The third kappa shape index (κ3) is 1.42. The number of aliphatic hydroxyl groups is 1. The van der Waals surface area contributed by atoms with Crippen molar-refractivity contribution in [3.63, 3.8) is 0 Å². The van der Waals surface area contributed by atoms with Gasteiger partial charge in [0.05, 0.1) is 12.0 Å². The second-order valence-corrected chi connectivity index (χ2v) is 3.59. The minimum absolute atomic E-state index is 0.121. The van der Waals surface area contributed by atoms with Crippen molar-refractivity contribution in [2.45, 2.75) is 11.8 Å². The molecule has 0 amide bonds. The lowest BCUT2D eigenvalue weighted by Crippen LogP contribution is -2.07. The molecule has 2 aromatic heterocycles. The molecule has 0 radical (unpaired) electrons. The predicted molar refractivity (Wildman–Crippen MR) is 54.4 cm³/mol. The van der Waals surface area contributed by atoms with Crippen molar-refractivity contribution in [3.05, 3.63) is 22.1 Å². The minimum Gasteiger partial charge on any atom is -0.390 e. The van der Waals surface area contributed by atoms with Gasteiger partial charge in [-0.3, -0.25) is 4.79 Å². The zero-order valence-electron chi connectivity index (χ0n) is 7.50. The van der Waals surface area contributed by atoms with Crippen molar-refractivity contribution in [1.29, 1.82) is 0 Å². The molecule has 6 heteroatoms. The third-order valence-electron chi connectivity index (χ3n) is 1.89. The molecule has 14 heavy (non-hydrogen) atoms. The maximum atomic E-state index is 11.5. The van der Waals surface area contributed by atoms with Crippen molar-refractivity contribution in [2.75, 3.05) is 6.26 Å². The summed E-state index contributed by atoms with van der Waals surface area (Å²) in [4.78, 5) is 21.1. The van der Waals surface area contributed by atoms with Gasteiger partial charge in [-0.15, -0.1) is 0 Å². The van der Waals surface area contributed by atoms with Gasteiger partial charge in [-0.1, -0.05) is 11.8 Å². The molecule has 3 N–H and O–H groups in total. The molecular formula is C8H9N3O2S. The molecule has 0 saturated carbocycles. The Hall–Kier alpha value is -1.27. The molecule has 5 nitrogen and oxygen atoms in total. The fourth-order valence-corrected chi connectivity index (χ4v) is 1.61. The lowest BCUT2D eigenvalue weighted by molar-refractivity contribution is 0.278. The standard InChI is InChI=1S/C8H9N3O2S/c1-14-8-10-6-5(7(13)11-8)2-4(3-12)9-6/h2,12H,3H2,1H3,(H2,9,10,11,13). The van der Waals surface area contributed by atoms with Crippen molar-refractivity contribution < 1.29 is 5.11 Å². The highest BCUT2D eigenvalue weighted by Crippen LogP contribution is 2.12. The quantitative estimate of drug-likeness (QED) is 0.498. The van der Waals surface area contributed by atoms with Gasteiger partial charge in [0, 0.05) is 5.69 Å². The van der Waals surface area contributed by atoms with E-state index in [9.17, 15) is 4.79 Å². The van der Waals surface area contributed by atoms with E-state index in [4.69, 9.17) is 5.11 Å². The molecule has 0 aromatic carbocycles. The van der Waals surface area contributed by atoms with Crippen molar-refractivity contribution in [3.8, 4) is 0 Å². The Balaban J connectivity index is 2.73. The SMILES string of the molecule is CSc1nc2[nH]c(CO)cc2c(=O)[nH]1. The number of aromatic amines is 2. The first-order valence-electron chi connectivity index (χ1n) is 4.01. The Labute approximate surface area is 83.6 Å². The molecule has 0 bridgehead atoms. The van der Waals surface area contributed by atoms with Crippen LogP contribution in [0, 0.1) is 0 Å². The highest BCUT2D eigenvalue weighted by Gasteiger charge is 2.06. The Morgan fingerprint density at radius 1 is 1.57 bits per heavy atom. The molecule has 0 saturated heterocycles. The van der Waals surface area contributed by atoms with Crippen LogP contribution in [-0.4, -0.2) is 26.3 Å². The van der Waals surface area contributed by atoms with E-state index in [1.54, 1.807) is 6.07 Å². The number of rotatable bonds is 2. The first kappa shape index (κ1) is 9.29. The summed E-state index contributed by atoms with van der Waals surface area (Å²) in [5, 5.41) is 9.92. The van der Waals surface area contributed by atoms with Crippen LogP contribution in [0.5, 0.6) is 0 Å². The highest BCUT2D eigenvalue weighted by molar-refractivity contribution is 7.98.